The molecule has 0 saturated heterocycles. The van der Waals surface area contributed by atoms with E-state index in [1.165, 1.54) is 0 Å². The van der Waals surface area contributed by atoms with Gasteiger partial charge in [0, 0.05) is 5.56 Å². The van der Waals surface area contributed by atoms with Gasteiger partial charge in [-0.3, -0.25) is 0 Å². The van der Waals surface area contributed by atoms with Gasteiger partial charge in [0.2, 0.25) is 5.28 Å². The normalized spacial score (nSPS) is 10.9. The first kappa shape index (κ1) is 10.6. The molecule has 1 aromatic rings. The van der Waals surface area contributed by atoms with Crippen LogP contribution in [0.15, 0.2) is 36.4 Å². The van der Waals surface area contributed by atoms with Gasteiger partial charge in [0.1, 0.15) is 5.69 Å². The molecule has 1 aromatic carbocycles. The van der Waals surface area contributed by atoms with Crippen molar-refractivity contribution in [1.29, 1.82) is 0 Å². The second-order valence-corrected chi connectivity index (χ2v) is 4.30. The molecule has 3 rings (SSSR count). The molecule has 1 N–H and O–H groups in total. The van der Waals surface area contributed by atoms with Gasteiger partial charge in [-0.1, -0.05) is 41.9 Å². The predicted molar refractivity (Wildman–Crippen MR) is 68.5 cm³/mol. The van der Waals surface area contributed by atoms with Crippen molar-refractivity contribution in [3.63, 3.8) is 0 Å². The first-order valence-corrected chi connectivity index (χ1v) is 5.77. The number of aromatic amines is 1. The van der Waals surface area contributed by atoms with Crippen molar-refractivity contribution in [3.05, 3.63) is 46.8 Å². The molecular formula is C12H7Cl2N3. The summed E-state index contributed by atoms with van der Waals surface area (Å²) in [4.78, 5) is 11.3. The van der Waals surface area contributed by atoms with Crippen molar-refractivity contribution in [1.82, 2.24) is 15.0 Å². The fraction of sp³-hybridized carbons (Fsp3) is 0. The molecule has 3 nitrogen and oxygen atoms in total. The summed E-state index contributed by atoms with van der Waals surface area (Å²) >= 11 is 11.8. The SMILES string of the molecule is Clc1nc(Cl)c2nc(-c3ccccc3)cc-2[nH]1. The van der Waals surface area contributed by atoms with E-state index in [9.17, 15) is 0 Å². The van der Waals surface area contributed by atoms with E-state index in [0.717, 1.165) is 17.0 Å². The number of halogens is 2. The number of rotatable bonds is 1. The van der Waals surface area contributed by atoms with Crippen LogP contribution in [-0.2, 0) is 0 Å². The third-order valence-electron chi connectivity index (χ3n) is 2.47. The van der Waals surface area contributed by atoms with Crippen molar-refractivity contribution >= 4 is 23.2 Å². The molecule has 0 radical (unpaired) electrons. The van der Waals surface area contributed by atoms with Crippen LogP contribution in [-0.4, -0.2) is 15.0 Å². The predicted octanol–water partition coefficient (Wildman–Crippen LogP) is 3.88. The lowest BCUT2D eigenvalue weighted by atomic mass is 10.1. The van der Waals surface area contributed by atoms with Gasteiger partial charge < -0.3 is 4.98 Å². The van der Waals surface area contributed by atoms with E-state index in [-0.39, 0.29) is 5.28 Å². The third kappa shape index (κ3) is 1.88. The molecule has 0 fully saturated rings. The summed E-state index contributed by atoms with van der Waals surface area (Å²) in [6, 6.07) is 11.8. The summed E-state index contributed by atoms with van der Waals surface area (Å²) in [5, 5.41) is 0.570. The van der Waals surface area contributed by atoms with Crippen LogP contribution in [0.3, 0.4) is 0 Å². The summed E-state index contributed by atoms with van der Waals surface area (Å²) in [6.45, 7) is 0. The lowest BCUT2D eigenvalue weighted by Gasteiger charge is -1.99. The molecule has 0 amide bonds. The average molecular weight is 264 g/mol. The first-order valence-electron chi connectivity index (χ1n) is 5.01. The highest BCUT2D eigenvalue weighted by Crippen LogP contribution is 2.31. The van der Waals surface area contributed by atoms with E-state index in [1.807, 2.05) is 36.4 Å². The van der Waals surface area contributed by atoms with E-state index in [0.29, 0.717) is 10.8 Å². The molecule has 0 saturated carbocycles. The Hall–Kier alpha value is -1.58. The average Bonchev–Trinajstić information content (AvgIpc) is 2.74. The highest BCUT2D eigenvalue weighted by molar-refractivity contribution is 6.33. The summed E-state index contributed by atoms with van der Waals surface area (Å²) in [6.07, 6.45) is 0. The molecule has 2 aliphatic rings. The zero-order valence-electron chi connectivity index (χ0n) is 8.61. The molecule has 0 bridgehead atoms. The lowest BCUT2D eigenvalue weighted by Crippen LogP contribution is -1.89. The van der Waals surface area contributed by atoms with Crippen LogP contribution in [0, 0.1) is 0 Å². The quantitative estimate of drug-likeness (QED) is 0.535. The summed E-state index contributed by atoms with van der Waals surface area (Å²) in [7, 11) is 0. The van der Waals surface area contributed by atoms with Crippen molar-refractivity contribution < 1.29 is 0 Å². The van der Waals surface area contributed by atoms with Crippen molar-refractivity contribution in [3.8, 4) is 22.6 Å². The minimum Gasteiger partial charge on any atom is -0.328 e. The molecular weight excluding hydrogens is 257 g/mol. The van der Waals surface area contributed by atoms with Gasteiger partial charge in [-0.05, 0) is 17.7 Å². The maximum absolute atomic E-state index is 5.99. The number of fused-ring (bicyclic) bond motifs is 1. The Balaban J connectivity index is 2.21. The van der Waals surface area contributed by atoms with Crippen molar-refractivity contribution in [2.45, 2.75) is 0 Å². The standard InChI is InChI=1S/C12H7Cl2N3/c13-11-10-9(16-12(14)17-11)6-8(15-10)7-4-2-1-3-5-7/h1-6H,(H,16,17). The Morgan fingerprint density at radius 2 is 1.76 bits per heavy atom. The van der Waals surface area contributed by atoms with Gasteiger partial charge in [0.15, 0.2) is 5.15 Å². The minimum absolute atomic E-state index is 0.259. The topological polar surface area (TPSA) is 41.6 Å². The summed E-state index contributed by atoms with van der Waals surface area (Å²) < 4.78 is 0. The van der Waals surface area contributed by atoms with Crippen LogP contribution in [0.4, 0.5) is 0 Å². The maximum atomic E-state index is 5.99. The van der Waals surface area contributed by atoms with Crippen LogP contribution < -0.4 is 0 Å². The molecule has 2 heterocycles. The largest absolute Gasteiger partial charge is 0.328 e. The van der Waals surface area contributed by atoms with Gasteiger partial charge >= 0.3 is 0 Å². The van der Waals surface area contributed by atoms with Crippen LogP contribution in [0.5, 0.6) is 0 Å². The highest BCUT2D eigenvalue weighted by Gasteiger charge is 2.15. The highest BCUT2D eigenvalue weighted by atomic mass is 35.5. The van der Waals surface area contributed by atoms with E-state index < -0.39 is 0 Å². The number of aromatic nitrogens is 3. The Kier molecular flexibility index (Phi) is 2.50. The number of H-pyrrole nitrogens is 1. The fourth-order valence-corrected chi connectivity index (χ4v) is 2.16. The lowest BCUT2D eigenvalue weighted by molar-refractivity contribution is 1.16. The van der Waals surface area contributed by atoms with Crippen molar-refractivity contribution in [2.24, 2.45) is 0 Å². The van der Waals surface area contributed by atoms with E-state index in [4.69, 9.17) is 23.2 Å². The smallest absolute Gasteiger partial charge is 0.201 e. The Labute approximate surface area is 108 Å². The van der Waals surface area contributed by atoms with Gasteiger partial charge in [-0.15, -0.1) is 0 Å². The zero-order valence-corrected chi connectivity index (χ0v) is 10.1. The van der Waals surface area contributed by atoms with Gasteiger partial charge in [-0.25, -0.2) is 9.97 Å². The molecule has 0 spiro atoms. The molecule has 0 aliphatic carbocycles. The van der Waals surface area contributed by atoms with Crippen LogP contribution in [0.2, 0.25) is 10.4 Å². The molecule has 0 atom stereocenters. The number of benzene rings is 1. The summed E-state index contributed by atoms with van der Waals surface area (Å²) in [5.41, 5.74) is 3.30. The zero-order chi connectivity index (χ0) is 11.8. The number of hydrogen-bond acceptors (Lipinski definition) is 2. The minimum atomic E-state index is 0.259. The Bertz CT molecular complexity index is 634. The van der Waals surface area contributed by atoms with E-state index in [2.05, 4.69) is 15.0 Å². The first-order chi connectivity index (χ1) is 8.24. The van der Waals surface area contributed by atoms with Gasteiger partial charge in [0.05, 0.1) is 11.4 Å². The van der Waals surface area contributed by atoms with Gasteiger partial charge in [0.25, 0.3) is 0 Å². The van der Waals surface area contributed by atoms with E-state index >= 15 is 0 Å². The van der Waals surface area contributed by atoms with Crippen LogP contribution in [0.1, 0.15) is 0 Å². The molecule has 84 valence electrons. The number of hydrogen-bond donors (Lipinski definition) is 1. The fourth-order valence-electron chi connectivity index (χ4n) is 1.71. The molecule has 0 aromatic heterocycles. The second-order valence-electron chi connectivity index (χ2n) is 3.59. The molecule has 0 unspecified atom stereocenters. The second kappa shape index (κ2) is 4.02. The number of nitrogens with zero attached hydrogens (tertiary/aromatic N) is 2. The number of nitrogens with one attached hydrogen (secondary N) is 1. The monoisotopic (exact) mass is 263 g/mol. The molecule has 5 heteroatoms. The maximum Gasteiger partial charge on any atom is 0.201 e. The van der Waals surface area contributed by atoms with Crippen LogP contribution >= 0.6 is 23.2 Å². The van der Waals surface area contributed by atoms with Gasteiger partial charge in [-0.2, -0.15) is 0 Å². The Morgan fingerprint density at radius 1 is 1.00 bits per heavy atom. The molecule has 17 heavy (non-hydrogen) atoms. The van der Waals surface area contributed by atoms with Crippen LogP contribution in [0.25, 0.3) is 22.6 Å². The van der Waals surface area contributed by atoms with E-state index in [1.54, 1.807) is 0 Å². The summed E-state index contributed by atoms with van der Waals surface area (Å²) in [5.74, 6) is 0. The molecule has 2 aliphatic heterocycles. The van der Waals surface area contributed by atoms with Crippen molar-refractivity contribution in [2.75, 3.05) is 0 Å². The third-order valence-corrected chi connectivity index (χ3v) is 2.91. The Morgan fingerprint density at radius 3 is 2.53 bits per heavy atom.